The lowest BCUT2D eigenvalue weighted by molar-refractivity contribution is 0.411. The number of benzene rings is 2. The van der Waals surface area contributed by atoms with Gasteiger partial charge < -0.3 is 9.84 Å². The maximum Gasteiger partial charge on any atom is 0.127 e. The van der Waals surface area contributed by atoms with Crippen molar-refractivity contribution in [2.45, 2.75) is 0 Å². The SMILES string of the molecule is COc1cc(F)cc(-c2ccccc2O)c1. The van der Waals surface area contributed by atoms with E-state index in [0.717, 1.165) is 0 Å². The van der Waals surface area contributed by atoms with Gasteiger partial charge in [0.25, 0.3) is 0 Å². The number of para-hydroxylation sites is 1. The summed E-state index contributed by atoms with van der Waals surface area (Å²) in [5, 5.41) is 9.66. The van der Waals surface area contributed by atoms with Crippen LogP contribution in [0.1, 0.15) is 0 Å². The molecule has 0 radical (unpaired) electrons. The first-order valence-corrected chi connectivity index (χ1v) is 4.83. The molecule has 2 rings (SSSR count). The van der Waals surface area contributed by atoms with E-state index in [2.05, 4.69) is 0 Å². The van der Waals surface area contributed by atoms with Gasteiger partial charge in [-0.3, -0.25) is 0 Å². The highest BCUT2D eigenvalue weighted by atomic mass is 19.1. The Morgan fingerprint density at radius 3 is 2.56 bits per heavy atom. The van der Waals surface area contributed by atoms with Crippen LogP contribution in [0.2, 0.25) is 0 Å². The van der Waals surface area contributed by atoms with E-state index in [9.17, 15) is 9.50 Å². The van der Waals surface area contributed by atoms with E-state index < -0.39 is 5.82 Å². The van der Waals surface area contributed by atoms with Gasteiger partial charge in [-0.05, 0) is 23.8 Å². The second kappa shape index (κ2) is 4.23. The number of rotatable bonds is 2. The van der Waals surface area contributed by atoms with Gasteiger partial charge in [-0.1, -0.05) is 18.2 Å². The molecule has 0 saturated carbocycles. The summed E-state index contributed by atoms with van der Waals surface area (Å²) in [4.78, 5) is 0. The number of halogens is 1. The first-order valence-electron chi connectivity index (χ1n) is 4.83. The van der Waals surface area contributed by atoms with Gasteiger partial charge in [0.2, 0.25) is 0 Å². The molecule has 2 nitrogen and oxygen atoms in total. The summed E-state index contributed by atoms with van der Waals surface area (Å²) in [6.07, 6.45) is 0. The molecule has 0 bridgehead atoms. The summed E-state index contributed by atoms with van der Waals surface area (Å²) in [7, 11) is 1.48. The molecule has 0 spiro atoms. The molecule has 0 aliphatic rings. The van der Waals surface area contributed by atoms with Gasteiger partial charge in [-0.15, -0.1) is 0 Å². The van der Waals surface area contributed by atoms with Gasteiger partial charge in [-0.25, -0.2) is 4.39 Å². The summed E-state index contributed by atoms with van der Waals surface area (Å²) in [6.45, 7) is 0. The Morgan fingerprint density at radius 1 is 1.12 bits per heavy atom. The molecule has 0 saturated heterocycles. The quantitative estimate of drug-likeness (QED) is 0.838. The summed E-state index contributed by atoms with van der Waals surface area (Å²) in [5.41, 5.74) is 1.18. The molecule has 82 valence electrons. The van der Waals surface area contributed by atoms with E-state index in [4.69, 9.17) is 4.74 Å². The third-order valence-electron chi connectivity index (χ3n) is 2.32. The van der Waals surface area contributed by atoms with Gasteiger partial charge in [0.1, 0.15) is 17.3 Å². The highest BCUT2D eigenvalue weighted by Crippen LogP contribution is 2.31. The molecule has 3 heteroatoms. The molecule has 0 heterocycles. The number of hydrogen-bond donors (Lipinski definition) is 1. The molecule has 16 heavy (non-hydrogen) atoms. The third-order valence-corrected chi connectivity index (χ3v) is 2.32. The molecular formula is C13H11FO2. The van der Waals surface area contributed by atoms with Gasteiger partial charge >= 0.3 is 0 Å². The Morgan fingerprint density at radius 2 is 1.88 bits per heavy atom. The first-order chi connectivity index (χ1) is 7.70. The zero-order chi connectivity index (χ0) is 11.5. The van der Waals surface area contributed by atoms with Crippen LogP contribution < -0.4 is 4.74 Å². The molecule has 0 unspecified atom stereocenters. The third kappa shape index (κ3) is 1.98. The van der Waals surface area contributed by atoms with Gasteiger partial charge in [-0.2, -0.15) is 0 Å². The van der Waals surface area contributed by atoms with E-state index in [0.29, 0.717) is 16.9 Å². The van der Waals surface area contributed by atoms with Crippen LogP contribution in [0.15, 0.2) is 42.5 Å². The molecule has 1 N–H and O–H groups in total. The van der Waals surface area contributed by atoms with Crippen LogP contribution in [-0.4, -0.2) is 12.2 Å². The number of ether oxygens (including phenoxy) is 1. The van der Waals surface area contributed by atoms with E-state index in [1.165, 1.54) is 19.2 Å². The standard InChI is InChI=1S/C13H11FO2/c1-16-11-7-9(6-10(14)8-11)12-4-2-3-5-13(12)15/h2-8,15H,1H3. The Hall–Kier alpha value is -2.03. The summed E-state index contributed by atoms with van der Waals surface area (Å²) >= 11 is 0. The first kappa shape index (κ1) is 10.5. The van der Waals surface area contributed by atoms with E-state index in [-0.39, 0.29) is 5.75 Å². The van der Waals surface area contributed by atoms with E-state index >= 15 is 0 Å². The number of phenolic OH excluding ortho intramolecular Hbond substituents is 1. The maximum atomic E-state index is 13.3. The molecule has 2 aromatic carbocycles. The fourth-order valence-corrected chi connectivity index (χ4v) is 1.55. The average Bonchev–Trinajstić information content (AvgIpc) is 2.28. The number of hydrogen-bond acceptors (Lipinski definition) is 2. The van der Waals surface area contributed by atoms with Crippen molar-refractivity contribution in [1.82, 2.24) is 0 Å². The molecule has 0 aliphatic carbocycles. The highest BCUT2D eigenvalue weighted by molar-refractivity contribution is 5.71. The van der Waals surface area contributed by atoms with Crippen molar-refractivity contribution in [3.63, 3.8) is 0 Å². The minimum atomic E-state index is -0.391. The maximum absolute atomic E-state index is 13.3. The summed E-state index contributed by atoms with van der Waals surface area (Å²) < 4.78 is 18.2. The molecule has 0 fully saturated rings. The molecule has 0 amide bonds. The fourth-order valence-electron chi connectivity index (χ4n) is 1.55. The molecule has 2 aromatic rings. The van der Waals surface area contributed by atoms with Crippen LogP contribution in [0.25, 0.3) is 11.1 Å². The minimum Gasteiger partial charge on any atom is -0.507 e. The van der Waals surface area contributed by atoms with Crippen LogP contribution >= 0.6 is 0 Å². The van der Waals surface area contributed by atoms with Crippen LogP contribution in [0.3, 0.4) is 0 Å². The number of aromatic hydroxyl groups is 1. The topological polar surface area (TPSA) is 29.5 Å². The molecular weight excluding hydrogens is 207 g/mol. The highest BCUT2D eigenvalue weighted by Gasteiger charge is 2.06. The van der Waals surface area contributed by atoms with Crippen LogP contribution in [-0.2, 0) is 0 Å². The van der Waals surface area contributed by atoms with Gasteiger partial charge in [0.15, 0.2) is 0 Å². The zero-order valence-corrected chi connectivity index (χ0v) is 8.77. The summed E-state index contributed by atoms with van der Waals surface area (Å²) in [6, 6.07) is 11.1. The lowest BCUT2D eigenvalue weighted by atomic mass is 10.0. The lowest BCUT2D eigenvalue weighted by Gasteiger charge is -2.07. The predicted molar refractivity (Wildman–Crippen MR) is 60.1 cm³/mol. The fraction of sp³-hybridized carbons (Fsp3) is 0.0769. The van der Waals surface area contributed by atoms with Crippen molar-refractivity contribution >= 4 is 0 Å². The molecule has 0 aliphatic heterocycles. The van der Waals surface area contributed by atoms with Crippen LogP contribution in [0.5, 0.6) is 11.5 Å². The number of methoxy groups -OCH3 is 1. The predicted octanol–water partition coefficient (Wildman–Crippen LogP) is 3.21. The van der Waals surface area contributed by atoms with Crippen molar-refractivity contribution in [3.8, 4) is 22.6 Å². The van der Waals surface area contributed by atoms with Crippen LogP contribution in [0, 0.1) is 5.82 Å². The van der Waals surface area contributed by atoms with E-state index in [1.807, 2.05) is 0 Å². The van der Waals surface area contributed by atoms with Crippen molar-refractivity contribution in [3.05, 3.63) is 48.3 Å². The zero-order valence-electron chi connectivity index (χ0n) is 8.77. The summed E-state index contributed by atoms with van der Waals surface area (Å²) in [5.74, 6) is 0.158. The van der Waals surface area contributed by atoms with E-state index in [1.54, 1.807) is 30.3 Å². The Labute approximate surface area is 92.9 Å². The minimum absolute atomic E-state index is 0.121. The lowest BCUT2D eigenvalue weighted by Crippen LogP contribution is -1.87. The van der Waals surface area contributed by atoms with Gasteiger partial charge in [0.05, 0.1) is 7.11 Å². The monoisotopic (exact) mass is 218 g/mol. The molecule has 0 aromatic heterocycles. The molecule has 0 atom stereocenters. The Balaban J connectivity index is 2.56. The second-order valence-electron chi connectivity index (χ2n) is 3.40. The van der Waals surface area contributed by atoms with Crippen molar-refractivity contribution in [2.24, 2.45) is 0 Å². The normalized spacial score (nSPS) is 10.1. The second-order valence-corrected chi connectivity index (χ2v) is 3.40. The van der Waals surface area contributed by atoms with Crippen molar-refractivity contribution < 1.29 is 14.2 Å². The van der Waals surface area contributed by atoms with Crippen molar-refractivity contribution in [1.29, 1.82) is 0 Å². The Bertz CT molecular complexity index is 509. The number of phenols is 1. The van der Waals surface area contributed by atoms with Gasteiger partial charge in [0, 0.05) is 11.6 Å². The van der Waals surface area contributed by atoms with Crippen molar-refractivity contribution in [2.75, 3.05) is 7.11 Å². The Kier molecular flexibility index (Phi) is 2.77. The smallest absolute Gasteiger partial charge is 0.127 e. The van der Waals surface area contributed by atoms with Crippen LogP contribution in [0.4, 0.5) is 4.39 Å². The average molecular weight is 218 g/mol. The largest absolute Gasteiger partial charge is 0.507 e.